The summed E-state index contributed by atoms with van der Waals surface area (Å²) in [5.41, 5.74) is 5.51. The minimum Gasteiger partial charge on any atom is -0.102 e. The Balaban J connectivity index is 5.20. The van der Waals surface area contributed by atoms with Crippen LogP contribution < -0.4 is 0 Å². The second-order valence-electron chi connectivity index (χ2n) is 4.47. The van der Waals surface area contributed by atoms with Gasteiger partial charge in [0.25, 0.3) is 0 Å². The van der Waals surface area contributed by atoms with Crippen LogP contribution in [0.3, 0.4) is 0 Å². The highest BCUT2D eigenvalue weighted by molar-refractivity contribution is 5.38. The first kappa shape index (κ1) is 15.0. The van der Waals surface area contributed by atoms with E-state index in [1.54, 1.807) is 0 Å². The molecule has 90 valence electrons. The minimum absolute atomic E-state index is 0.417. The van der Waals surface area contributed by atoms with Crippen LogP contribution in [0, 0.1) is 5.92 Å². The first-order valence-electron chi connectivity index (χ1n) is 6.09. The van der Waals surface area contributed by atoms with E-state index in [9.17, 15) is 0 Å². The molecule has 0 fully saturated rings. The molecule has 1 atom stereocenters. The molecule has 0 aromatic carbocycles. The molecule has 0 heteroatoms. The lowest BCUT2D eigenvalue weighted by Crippen LogP contribution is -2.01. The summed E-state index contributed by atoms with van der Waals surface area (Å²) >= 11 is 0. The summed E-state index contributed by atoms with van der Waals surface area (Å²) in [6.45, 7) is 18.8. The zero-order valence-corrected chi connectivity index (χ0v) is 11.6. The van der Waals surface area contributed by atoms with Crippen LogP contribution in [0.5, 0.6) is 0 Å². The molecule has 0 aromatic rings. The molecule has 0 nitrogen and oxygen atoms in total. The van der Waals surface area contributed by atoms with Gasteiger partial charge < -0.3 is 0 Å². The SMILES string of the molecule is C=CC(C)C(C(C)=CC)=C(C)CC(=C)CC. The standard InChI is InChI=1S/C16H26/c1-8-12(4)11-15(7)16(13(5)9-2)14(6)10-3/h9-10,13H,2,4,8,11H2,1,3,5-7H3. The Morgan fingerprint density at radius 1 is 1.31 bits per heavy atom. The van der Waals surface area contributed by atoms with Gasteiger partial charge in [-0.05, 0) is 45.1 Å². The Bertz CT molecular complexity index is 313. The molecule has 0 spiro atoms. The van der Waals surface area contributed by atoms with Crippen LogP contribution in [0.25, 0.3) is 0 Å². The van der Waals surface area contributed by atoms with Crippen LogP contribution in [-0.4, -0.2) is 0 Å². The highest BCUT2D eigenvalue weighted by atomic mass is 14.2. The lowest BCUT2D eigenvalue weighted by Gasteiger charge is -2.18. The van der Waals surface area contributed by atoms with E-state index in [0.717, 1.165) is 12.8 Å². The molecule has 16 heavy (non-hydrogen) atoms. The van der Waals surface area contributed by atoms with Crippen molar-refractivity contribution in [3.8, 4) is 0 Å². The first-order chi connectivity index (χ1) is 7.47. The van der Waals surface area contributed by atoms with Gasteiger partial charge in [-0.15, -0.1) is 6.58 Å². The van der Waals surface area contributed by atoms with E-state index in [4.69, 9.17) is 0 Å². The lowest BCUT2D eigenvalue weighted by atomic mass is 9.88. The van der Waals surface area contributed by atoms with E-state index >= 15 is 0 Å². The van der Waals surface area contributed by atoms with Crippen LogP contribution in [-0.2, 0) is 0 Å². The van der Waals surface area contributed by atoms with Crippen molar-refractivity contribution in [3.63, 3.8) is 0 Å². The molecule has 0 bridgehead atoms. The molecule has 0 heterocycles. The lowest BCUT2D eigenvalue weighted by molar-refractivity contribution is 0.837. The van der Waals surface area contributed by atoms with Gasteiger partial charge in [-0.2, -0.15) is 0 Å². The summed E-state index contributed by atoms with van der Waals surface area (Å²) in [4.78, 5) is 0. The minimum atomic E-state index is 0.417. The third-order valence-corrected chi connectivity index (χ3v) is 3.14. The monoisotopic (exact) mass is 218 g/mol. The predicted octanol–water partition coefficient (Wildman–Crippen LogP) is 5.45. The third kappa shape index (κ3) is 4.22. The molecule has 0 aromatic heterocycles. The van der Waals surface area contributed by atoms with Gasteiger partial charge in [0.2, 0.25) is 0 Å². The van der Waals surface area contributed by atoms with Crippen molar-refractivity contribution in [2.45, 2.75) is 47.5 Å². The Kier molecular flexibility index (Phi) is 6.80. The first-order valence-corrected chi connectivity index (χ1v) is 6.09. The summed E-state index contributed by atoms with van der Waals surface area (Å²) in [7, 11) is 0. The van der Waals surface area contributed by atoms with Crippen molar-refractivity contribution in [1.29, 1.82) is 0 Å². The fourth-order valence-corrected chi connectivity index (χ4v) is 1.95. The Morgan fingerprint density at radius 3 is 2.25 bits per heavy atom. The molecule has 1 unspecified atom stereocenters. The maximum Gasteiger partial charge on any atom is -0.00110 e. The Hall–Kier alpha value is -1.04. The second kappa shape index (κ2) is 7.27. The summed E-state index contributed by atoms with van der Waals surface area (Å²) in [5.74, 6) is 0.417. The molecule has 0 rings (SSSR count). The van der Waals surface area contributed by atoms with Crippen LogP contribution in [0.2, 0.25) is 0 Å². The maximum absolute atomic E-state index is 4.09. The Labute approximate surface area is 101 Å². The van der Waals surface area contributed by atoms with Gasteiger partial charge in [0, 0.05) is 0 Å². The molecular formula is C16H26. The third-order valence-electron chi connectivity index (χ3n) is 3.14. The summed E-state index contributed by atoms with van der Waals surface area (Å²) < 4.78 is 0. The number of rotatable bonds is 6. The molecule has 0 aliphatic rings. The van der Waals surface area contributed by atoms with Crippen molar-refractivity contribution in [1.82, 2.24) is 0 Å². The van der Waals surface area contributed by atoms with Crippen molar-refractivity contribution in [2.24, 2.45) is 5.92 Å². The fraction of sp³-hybridized carbons (Fsp3) is 0.500. The normalized spacial score (nSPS) is 15.4. The van der Waals surface area contributed by atoms with Gasteiger partial charge in [-0.1, -0.05) is 49.3 Å². The summed E-state index contributed by atoms with van der Waals surface area (Å²) in [5, 5.41) is 0. The zero-order chi connectivity index (χ0) is 12.7. The number of allylic oxidation sites excluding steroid dienone is 6. The highest BCUT2D eigenvalue weighted by Gasteiger charge is 2.10. The average Bonchev–Trinajstić information content (AvgIpc) is 2.28. The molecule has 0 radical (unpaired) electrons. The van der Waals surface area contributed by atoms with Crippen molar-refractivity contribution in [3.05, 3.63) is 47.6 Å². The molecule has 0 saturated carbocycles. The van der Waals surface area contributed by atoms with Crippen molar-refractivity contribution < 1.29 is 0 Å². The molecule has 0 N–H and O–H groups in total. The Morgan fingerprint density at radius 2 is 1.88 bits per heavy atom. The number of hydrogen-bond acceptors (Lipinski definition) is 0. The molecule has 0 aliphatic carbocycles. The van der Waals surface area contributed by atoms with E-state index in [1.165, 1.54) is 22.3 Å². The van der Waals surface area contributed by atoms with E-state index in [2.05, 4.69) is 53.9 Å². The van der Waals surface area contributed by atoms with Gasteiger partial charge in [-0.3, -0.25) is 0 Å². The van der Waals surface area contributed by atoms with E-state index < -0.39 is 0 Å². The van der Waals surface area contributed by atoms with E-state index in [0.29, 0.717) is 5.92 Å². The predicted molar refractivity (Wildman–Crippen MR) is 75.5 cm³/mol. The zero-order valence-electron chi connectivity index (χ0n) is 11.6. The topological polar surface area (TPSA) is 0 Å². The fourth-order valence-electron chi connectivity index (χ4n) is 1.95. The van der Waals surface area contributed by atoms with Crippen LogP contribution in [0.4, 0.5) is 0 Å². The highest BCUT2D eigenvalue weighted by Crippen LogP contribution is 2.27. The average molecular weight is 218 g/mol. The van der Waals surface area contributed by atoms with E-state index in [-0.39, 0.29) is 0 Å². The van der Waals surface area contributed by atoms with Crippen LogP contribution >= 0.6 is 0 Å². The van der Waals surface area contributed by atoms with Crippen LogP contribution in [0.1, 0.15) is 47.5 Å². The van der Waals surface area contributed by atoms with Gasteiger partial charge in [0.05, 0.1) is 0 Å². The quantitative estimate of drug-likeness (QED) is 0.411. The summed E-state index contributed by atoms with van der Waals surface area (Å²) in [6, 6.07) is 0. The molecular weight excluding hydrogens is 192 g/mol. The maximum atomic E-state index is 4.09. The van der Waals surface area contributed by atoms with Crippen molar-refractivity contribution in [2.75, 3.05) is 0 Å². The van der Waals surface area contributed by atoms with Gasteiger partial charge in [0.15, 0.2) is 0 Å². The van der Waals surface area contributed by atoms with Crippen LogP contribution in [0.15, 0.2) is 47.6 Å². The van der Waals surface area contributed by atoms with E-state index in [1.807, 2.05) is 6.08 Å². The van der Waals surface area contributed by atoms with Gasteiger partial charge >= 0.3 is 0 Å². The second-order valence-corrected chi connectivity index (χ2v) is 4.47. The largest absolute Gasteiger partial charge is 0.102 e. The number of hydrogen-bond donors (Lipinski definition) is 0. The molecule has 0 amide bonds. The van der Waals surface area contributed by atoms with Gasteiger partial charge in [-0.25, -0.2) is 0 Å². The van der Waals surface area contributed by atoms with Crippen molar-refractivity contribution >= 4 is 0 Å². The summed E-state index contributed by atoms with van der Waals surface area (Å²) in [6.07, 6.45) is 6.26. The van der Waals surface area contributed by atoms with Gasteiger partial charge in [0.1, 0.15) is 0 Å². The molecule has 0 aliphatic heterocycles. The molecule has 0 saturated heterocycles. The smallest absolute Gasteiger partial charge is 0.00110 e.